The number of amides is 2. The number of halogens is 3. The maximum absolute atomic E-state index is 13.4. The smallest absolute Gasteiger partial charge is 0.251 e. The van der Waals surface area contributed by atoms with Gasteiger partial charge in [0.15, 0.2) is 11.6 Å². The van der Waals surface area contributed by atoms with Crippen LogP contribution in [-0.4, -0.2) is 41.9 Å². The van der Waals surface area contributed by atoms with Crippen LogP contribution in [0.25, 0.3) is 0 Å². The van der Waals surface area contributed by atoms with Crippen molar-refractivity contribution in [2.24, 2.45) is 5.92 Å². The third kappa shape index (κ3) is 6.98. The van der Waals surface area contributed by atoms with Gasteiger partial charge in [-0.25, -0.2) is 8.78 Å². The summed E-state index contributed by atoms with van der Waals surface area (Å²) < 4.78 is 26.6. The highest BCUT2D eigenvalue weighted by atomic mass is 35.5. The molecule has 1 aliphatic rings. The Morgan fingerprint density at radius 2 is 1.76 bits per heavy atom. The number of nitrogens with zero attached hydrogens (tertiary/aromatic N) is 1. The van der Waals surface area contributed by atoms with E-state index >= 15 is 0 Å². The van der Waals surface area contributed by atoms with Gasteiger partial charge in [-0.15, -0.1) is 0 Å². The summed E-state index contributed by atoms with van der Waals surface area (Å²) in [7, 11) is 0. The number of benzene rings is 2. The molecular weight excluding hydrogens is 448 g/mol. The molecule has 2 atom stereocenters. The molecule has 0 aromatic heterocycles. The second-order valence-corrected chi connectivity index (χ2v) is 9.09. The predicted molar refractivity (Wildman–Crippen MR) is 125 cm³/mol. The van der Waals surface area contributed by atoms with E-state index in [2.05, 4.69) is 15.5 Å². The van der Waals surface area contributed by atoms with E-state index in [4.69, 9.17) is 11.6 Å². The van der Waals surface area contributed by atoms with Gasteiger partial charge in [0.2, 0.25) is 5.91 Å². The molecule has 178 valence electrons. The number of rotatable bonds is 8. The topological polar surface area (TPSA) is 61.4 Å². The fraction of sp³-hybridized carbons (Fsp3) is 0.440. The lowest BCUT2D eigenvalue weighted by atomic mass is 9.96. The number of piperidine rings is 1. The van der Waals surface area contributed by atoms with E-state index in [0.29, 0.717) is 17.1 Å². The number of hydrogen-bond acceptors (Lipinski definition) is 3. The molecule has 2 aromatic rings. The minimum atomic E-state index is -0.848. The van der Waals surface area contributed by atoms with Crippen LogP contribution in [0.4, 0.5) is 8.78 Å². The van der Waals surface area contributed by atoms with Crippen LogP contribution >= 0.6 is 11.6 Å². The summed E-state index contributed by atoms with van der Waals surface area (Å²) in [4.78, 5) is 27.8. The molecule has 2 aromatic carbocycles. The van der Waals surface area contributed by atoms with Gasteiger partial charge in [-0.3, -0.25) is 14.5 Å². The molecule has 0 bridgehead atoms. The Bertz CT molecular complexity index is 963. The summed E-state index contributed by atoms with van der Waals surface area (Å²) in [5, 5.41) is 6.50. The monoisotopic (exact) mass is 477 g/mol. The van der Waals surface area contributed by atoms with E-state index in [0.717, 1.165) is 44.0 Å². The van der Waals surface area contributed by atoms with Gasteiger partial charge in [-0.05, 0) is 60.7 Å². The first-order chi connectivity index (χ1) is 15.8. The largest absolute Gasteiger partial charge is 0.351 e. The minimum Gasteiger partial charge on any atom is -0.351 e. The number of hydrogen-bond donors (Lipinski definition) is 2. The number of carbonyl (C=O) groups is 2. The molecule has 0 aliphatic carbocycles. The van der Waals surface area contributed by atoms with Crippen molar-refractivity contribution in [3.63, 3.8) is 0 Å². The predicted octanol–water partition coefficient (Wildman–Crippen LogP) is 4.54. The normalized spacial score (nSPS) is 16.8. The van der Waals surface area contributed by atoms with Gasteiger partial charge >= 0.3 is 0 Å². The molecule has 0 saturated carbocycles. The Labute approximate surface area is 198 Å². The summed E-state index contributed by atoms with van der Waals surface area (Å²) in [6.07, 6.45) is 2.23. The average molecular weight is 478 g/mol. The van der Waals surface area contributed by atoms with Crippen molar-refractivity contribution >= 4 is 23.4 Å². The van der Waals surface area contributed by atoms with Gasteiger partial charge in [0, 0.05) is 36.3 Å². The van der Waals surface area contributed by atoms with Gasteiger partial charge in [0.05, 0.1) is 0 Å². The average Bonchev–Trinajstić information content (AvgIpc) is 2.81. The van der Waals surface area contributed by atoms with Crippen molar-refractivity contribution in [1.29, 1.82) is 0 Å². The molecule has 8 heteroatoms. The summed E-state index contributed by atoms with van der Waals surface area (Å²) in [6.45, 7) is 5.92. The van der Waals surface area contributed by atoms with E-state index in [1.54, 1.807) is 30.3 Å². The summed E-state index contributed by atoms with van der Waals surface area (Å²) in [5.41, 5.74) is 1.17. The second kappa shape index (κ2) is 11.6. The van der Waals surface area contributed by atoms with Gasteiger partial charge in [-0.2, -0.15) is 0 Å². The van der Waals surface area contributed by atoms with Crippen LogP contribution < -0.4 is 10.6 Å². The Kier molecular flexibility index (Phi) is 8.80. The zero-order valence-corrected chi connectivity index (χ0v) is 19.7. The van der Waals surface area contributed by atoms with E-state index in [1.807, 2.05) is 13.8 Å². The summed E-state index contributed by atoms with van der Waals surface area (Å²) in [5.74, 6) is -2.22. The third-order valence-electron chi connectivity index (χ3n) is 6.21. The highest BCUT2D eigenvalue weighted by molar-refractivity contribution is 6.30. The van der Waals surface area contributed by atoms with Crippen LogP contribution in [0, 0.1) is 17.6 Å². The maximum Gasteiger partial charge on any atom is 0.251 e. The molecule has 5 nitrogen and oxygen atoms in total. The van der Waals surface area contributed by atoms with Crippen molar-refractivity contribution in [2.75, 3.05) is 13.1 Å². The fourth-order valence-corrected chi connectivity index (χ4v) is 4.08. The van der Waals surface area contributed by atoms with Crippen molar-refractivity contribution in [3.8, 4) is 0 Å². The quantitative estimate of drug-likeness (QED) is 0.586. The zero-order chi connectivity index (χ0) is 24.0. The molecule has 1 aliphatic heterocycles. The Hall–Kier alpha value is -2.51. The first kappa shape index (κ1) is 25.1. The van der Waals surface area contributed by atoms with Gasteiger partial charge in [0.1, 0.15) is 6.04 Å². The molecular formula is C25H30ClF2N3O2. The molecule has 0 radical (unpaired) electrons. The summed E-state index contributed by atoms with van der Waals surface area (Å²) in [6, 6.07) is 9.86. The molecule has 0 spiro atoms. The molecule has 2 N–H and O–H groups in total. The van der Waals surface area contributed by atoms with Crippen molar-refractivity contribution in [3.05, 3.63) is 70.2 Å². The standard InChI is InChI=1S/C25H30ClF2N3O2/c1-3-16(2)23(30-24(32)18-5-7-19(26)8-6-18)25(33)29-20-10-12-31(13-11-20)15-17-4-9-21(27)22(28)14-17/h4-9,14,16,20,23H,3,10-13,15H2,1-2H3,(H,29,33)(H,30,32). The number of nitrogens with one attached hydrogen (secondary N) is 2. The van der Waals surface area contributed by atoms with Crippen LogP contribution in [-0.2, 0) is 11.3 Å². The molecule has 3 rings (SSSR count). The zero-order valence-electron chi connectivity index (χ0n) is 18.9. The van der Waals surface area contributed by atoms with Crippen molar-refractivity contribution < 1.29 is 18.4 Å². The highest BCUT2D eigenvalue weighted by Gasteiger charge is 2.29. The first-order valence-corrected chi connectivity index (χ1v) is 11.7. The summed E-state index contributed by atoms with van der Waals surface area (Å²) >= 11 is 5.89. The van der Waals surface area contributed by atoms with Gasteiger partial charge in [0.25, 0.3) is 5.91 Å². The highest BCUT2D eigenvalue weighted by Crippen LogP contribution is 2.17. The molecule has 1 fully saturated rings. The lowest BCUT2D eigenvalue weighted by Gasteiger charge is -2.34. The Morgan fingerprint density at radius 1 is 1.09 bits per heavy atom. The second-order valence-electron chi connectivity index (χ2n) is 8.65. The molecule has 1 saturated heterocycles. The maximum atomic E-state index is 13.4. The van der Waals surface area contributed by atoms with E-state index in [-0.39, 0.29) is 23.8 Å². The van der Waals surface area contributed by atoms with Crippen molar-refractivity contribution in [1.82, 2.24) is 15.5 Å². The van der Waals surface area contributed by atoms with Crippen LogP contribution in [0.15, 0.2) is 42.5 Å². The van der Waals surface area contributed by atoms with Crippen LogP contribution in [0.5, 0.6) is 0 Å². The third-order valence-corrected chi connectivity index (χ3v) is 6.46. The number of carbonyl (C=O) groups excluding carboxylic acids is 2. The van der Waals surface area contributed by atoms with Crippen LogP contribution in [0.2, 0.25) is 5.02 Å². The lowest BCUT2D eigenvalue weighted by Crippen LogP contribution is -2.54. The number of likely N-dealkylation sites (tertiary alicyclic amines) is 1. The van der Waals surface area contributed by atoms with Gasteiger partial charge < -0.3 is 10.6 Å². The molecule has 2 unspecified atom stereocenters. The Balaban J connectivity index is 1.53. The van der Waals surface area contributed by atoms with Crippen molar-refractivity contribution in [2.45, 2.75) is 51.7 Å². The Morgan fingerprint density at radius 3 is 2.36 bits per heavy atom. The van der Waals surface area contributed by atoms with Crippen LogP contribution in [0.3, 0.4) is 0 Å². The van der Waals surface area contributed by atoms with E-state index in [9.17, 15) is 18.4 Å². The SMILES string of the molecule is CCC(C)C(NC(=O)c1ccc(Cl)cc1)C(=O)NC1CCN(Cc2ccc(F)c(F)c2)CC1. The minimum absolute atomic E-state index is 0.00214. The fourth-order valence-electron chi connectivity index (χ4n) is 3.95. The molecule has 2 amide bonds. The lowest BCUT2D eigenvalue weighted by molar-refractivity contribution is -0.125. The first-order valence-electron chi connectivity index (χ1n) is 11.3. The molecule has 33 heavy (non-hydrogen) atoms. The van der Waals surface area contributed by atoms with E-state index in [1.165, 1.54) is 6.07 Å². The van der Waals surface area contributed by atoms with Crippen LogP contribution in [0.1, 0.15) is 49.0 Å². The van der Waals surface area contributed by atoms with Gasteiger partial charge in [-0.1, -0.05) is 37.9 Å². The van der Waals surface area contributed by atoms with E-state index < -0.39 is 17.7 Å². The molecule has 1 heterocycles.